The summed E-state index contributed by atoms with van der Waals surface area (Å²) in [6.07, 6.45) is 5.75. The number of aryl methyl sites for hydroxylation is 1. The van der Waals surface area contributed by atoms with Crippen LogP contribution in [0.4, 0.5) is 0 Å². The highest BCUT2D eigenvalue weighted by molar-refractivity contribution is 6.31. The SMILES string of the molecule is CCc1ccc(C2C(C(=O)c3cc4cc(Cl)cc(OC)c4o3)=C(O)C(=O)N2C2CCCCC2)cc1. The Bertz CT molecular complexity index is 1320. The third kappa shape index (κ3) is 4.10. The van der Waals surface area contributed by atoms with Gasteiger partial charge in [-0.2, -0.15) is 0 Å². The lowest BCUT2D eigenvalue weighted by Crippen LogP contribution is -2.41. The molecule has 1 fully saturated rings. The maximum absolute atomic E-state index is 13.8. The van der Waals surface area contributed by atoms with E-state index in [-0.39, 0.29) is 17.4 Å². The van der Waals surface area contributed by atoms with Gasteiger partial charge in [-0.3, -0.25) is 9.59 Å². The first-order chi connectivity index (χ1) is 16.9. The molecule has 1 aliphatic heterocycles. The molecule has 35 heavy (non-hydrogen) atoms. The molecule has 2 aromatic carbocycles. The molecule has 1 amide bonds. The fourth-order valence-electron chi connectivity index (χ4n) is 5.34. The zero-order valence-electron chi connectivity index (χ0n) is 19.8. The van der Waals surface area contributed by atoms with Gasteiger partial charge in [0.1, 0.15) is 0 Å². The second-order valence-electron chi connectivity index (χ2n) is 9.23. The Hall–Kier alpha value is -3.25. The van der Waals surface area contributed by atoms with E-state index in [4.69, 9.17) is 20.8 Å². The second kappa shape index (κ2) is 9.42. The molecule has 1 unspecified atom stereocenters. The van der Waals surface area contributed by atoms with Crippen LogP contribution in [-0.4, -0.2) is 34.8 Å². The number of ketones is 1. The van der Waals surface area contributed by atoms with Crippen LogP contribution in [-0.2, 0) is 11.2 Å². The molecule has 182 valence electrons. The van der Waals surface area contributed by atoms with Gasteiger partial charge in [-0.25, -0.2) is 0 Å². The zero-order valence-corrected chi connectivity index (χ0v) is 20.6. The second-order valence-corrected chi connectivity index (χ2v) is 9.67. The molecule has 1 aromatic heterocycles. The fraction of sp³-hybridized carbons (Fsp3) is 0.357. The van der Waals surface area contributed by atoms with E-state index >= 15 is 0 Å². The number of nitrogens with zero attached hydrogens (tertiary/aromatic N) is 1. The first-order valence-electron chi connectivity index (χ1n) is 12.1. The molecule has 1 aliphatic carbocycles. The van der Waals surface area contributed by atoms with E-state index in [9.17, 15) is 14.7 Å². The molecule has 6 nitrogen and oxygen atoms in total. The van der Waals surface area contributed by atoms with Crippen molar-refractivity contribution >= 4 is 34.3 Å². The number of carbonyl (C=O) groups excluding carboxylic acids is 2. The number of benzene rings is 2. The summed E-state index contributed by atoms with van der Waals surface area (Å²) >= 11 is 6.19. The molecule has 0 radical (unpaired) electrons. The van der Waals surface area contributed by atoms with Gasteiger partial charge in [-0.15, -0.1) is 0 Å². The van der Waals surface area contributed by atoms with Crippen LogP contribution in [0.25, 0.3) is 11.0 Å². The number of Topliss-reactive ketones (excluding diaryl/α,β-unsaturated/α-hetero) is 1. The standard InChI is InChI=1S/C28H28ClNO5/c1-3-16-9-11-17(12-10-16)24-23(26(32)28(33)30(24)20-7-5-4-6-8-20)25(31)21-14-18-13-19(29)15-22(34-2)27(18)35-21/h9-15,20,24,32H,3-8H2,1-2H3. The van der Waals surface area contributed by atoms with Gasteiger partial charge in [0.2, 0.25) is 5.78 Å². The molecule has 0 saturated heterocycles. The molecule has 1 saturated carbocycles. The summed E-state index contributed by atoms with van der Waals surface area (Å²) in [6.45, 7) is 2.07. The lowest BCUT2D eigenvalue weighted by molar-refractivity contribution is -0.132. The van der Waals surface area contributed by atoms with Crippen molar-refractivity contribution in [1.82, 2.24) is 4.90 Å². The molecule has 5 rings (SSSR count). The smallest absolute Gasteiger partial charge is 0.290 e. The van der Waals surface area contributed by atoms with E-state index in [1.807, 2.05) is 24.3 Å². The summed E-state index contributed by atoms with van der Waals surface area (Å²) in [5.41, 5.74) is 2.39. The van der Waals surface area contributed by atoms with Crippen LogP contribution in [0.2, 0.25) is 5.02 Å². The van der Waals surface area contributed by atoms with Gasteiger partial charge < -0.3 is 19.2 Å². The number of hydrogen-bond acceptors (Lipinski definition) is 5. The van der Waals surface area contributed by atoms with E-state index in [0.29, 0.717) is 21.7 Å². The summed E-state index contributed by atoms with van der Waals surface area (Å²) in [6, 6.07) is 12.1. The lowest BCUT2D eigenvalue weighted by atomic mass is 9.90. The molecule has 2 heterocycles. The highest BCUT2D eigenvalue weighted by Gasteiger charge is 2.47. The number of furan rings is 1. The topological polar surface area (TPSA) is 80.0 Å². The van der Waals surface area contributed by atoms with Gasteiger partial charge in [0.05, 0.1) is 18.7 Å². The summed E-state index contributed by atoms with van der Waals surface area (Å²) < 4.78 is 11.3. The third-order valence-corrected chi connectivity index (χ3v) is 7.37. The predicted molar refractivity (Wildman–Crippen MR) is 134 cm³/mol. The molecule has 3 aromatic rings. The van der Waals surface area contributed by atoms with E-state index < -0.39 is 23.5 Å². The normalized spacial score (nSPS) is 19.1. The maximum atomic E-state index is 13.8. The first-order valence-corrected chi connectivity index (χ1v) is 12.5. The Kier molecular flexibility index (Phi) is 6.32. The van der Waals surface area contributed by atoms with E-state index in [1.165, 1.54) is 7.11 Å². The molecule has 7 heteroatoms. The Morgan fingerprint density at radius 3 is 2.51 bits per heavy atom. The number of hydrogen-bond donors (Lipinski definition) is 1. The predicted octanol–water partition coefficient (Wildman–Crippen LogP) is 6.57. The minimum absolute atomic E-state index is 0.0237. The van der Waals surface area contributed by atoms with Gasteiger partial charge in [-0.1, -0.05) is 62.1 Å². The number of methoxy groups -OCH3 is 1. The minimum atomic E-state index is -0.678. The van der Waals surface area contributed by atoms with Crippen molar-refractivity contribution in [2.75, 3.05) is 7.11 Å². The van der Waals surface area contributed by atoms with E-state index in [2.05, 4.69) is 6.92 Å². The quantitative estimate of drug-likeness (QED) is 0.393. The van der Waals surface area contributed by atoms with Gasteiger partial charge in [0.15, 0.2) is 22.9 Å². The number of rotatable bonds is 6. The fourth-order valence-corrected chi connectivity index (χ4v) is 5.55. The molecule has 0 spiro atoms. The van der Waals surface area contributed by atoms with Gasteiger partial charge in [-0.05, 0) is 42.5 Å². The van der Waals surface area contributed by atoms with Gasteiger partial charge in [0.25, 0.3) is 5.91 Å². The molecule has 0 bridgehead atoms. The summed E-state index contributed by atoms with van der Waals surface area (Å²) in [4.78, 5) is 28.9. The Labute approximate surface area is 209 Å². The average molecular weight is 494 g/mol. The number of ether oxygens (including phenoxy) is 1. The van der Waals surface area contributed by atoms with E-state index in [0.717, 1.165) is 49.7 Å². The number of fused-ring (bicyclic) bond motifs is 1. The van der Waals surface area contributed by atoms with Crippen LogP contribution in [0.1, 0.15) is 66.8 Å². The van der Waals surface area contributed by atoms with Crippen molar-refractivity contribution in [3.63, 3.8) is 0 Å². The zero-order chi connectivity index (χ0) is 24.7. The number of carbonyl (C=O) groups is 2. The summed E-state index contributed by atoms with van der Waals surface area (Å²) in [7, 11) is 1.50. The third-order valence-electron chi connectivity index (χ3n) is 7.15. The van der Waals surface area contributed by atoms with Crippen molar-refractivity contribution in [3.05, 3.63) is 75.7 Å². The van der Waals surface area contributed by atoms with Crippen LogP contribution in [0.3, 0.4) is 0 Å². The summed E-state index contributed by atoms with van der Waals surface area (Å²) in [5, 5.41) is 12.1. The van der Waals surface area contributed by atoms with Gasteiger partial charge >= 0.3 is 0 Å². The largest absolute Gasteiger partial charge is 0.503 e. The number of halogens is 1. The highest BCUT2D eigenvalue weighted by Crippen LogP contribution is 2.44. The van der Waals surface area contributed by atoms with E-state index in [1.54, 1.807) is 23.1 Å². The maximum Gasteiger partial charge on any atom is 0.290 e. The van der Waals surface area contributed by atoms with Crippen molar-refractivity contribution in [2.24, 2.45) is 0 Å². The van der Waals surface area contributed by atoms with Crippen molar-refractivity contribution in [2.45, 2.75) is 57.5 Å². The van der Waals surface area contributed by atoms with Crippen molar-refractivity contribution in [3.8, 4) is 5.75 Å². The minimum Gasteiger partial charge on any atom is -0.503 e. The van der Waals surface area contributed by atoms with Crippen LogP contribution in [0, 0.1) is 0 Å². The molecular weight excluding hydrogens is 466 g/mol. The first kappa shape index (κ1) is 23.5. The number of aliphatic hydroxyl groups excluding tert-OH is 1. The van der Waals surface area contributed by atoms with Crippen LogP contribution in [0.5, 0.6) is 5.75 Å². The molecule has 1 atom stereocenters. The Morgan fingerprint density at radius 1 is 1.14 bits per heavy atom. The molecule has 2 aliphatic rings. The average Bonchev–Trinajstić information content (AvgIpc) is 3.42. The van der Waals surface area contributed by atoms with Crippen molar-refractivity contribution < 1.29 is 23.8 Å². The highest BCUT2D eigenvalue weighted by atomic mass is 35.5. The van der Waals surface area contributed by atoms with Crippen LogP contribution in [0.15, 0.2) is 58.2 Å². The van der Waals surface area contributed by atoms with Crippen LogP contribution < -0.4 is 4.74 Å². The molecular formula is C28H28ClNO5. The lowest BCUT2D eigenvalue weighted by Gasteiger charge is -2.36. The van der Waals surface area contributed by atoms with Crippen LogP contribution >= 0.6 is 11.6 Å². The summed E-state index contributed by atoms with van der Waals surface area (Å²) in [5.74, 6) is -1.09. The monoisotopic (exact) mass is 493 g/mol. The Balaban J connectivity index is 1.61. The van der Waals surface area contributed by atoms with Gasteiger partial charge in [0, 0.05) is 22.5 Å². The van der Waals surface area contributed by atoms with Crippen molar-refractivity contribution in [1.29, 1.82) is 0 Å². The number of amides is 1. The Morgan fingerprint density at radius 2 is 1.86 bits per heavy atom. The molecule has 1 N–H and O–H groups in total. The number of aliphatic hydroxyl groups is 1.